The number of aryl methyl sites for hydroxylation is 2. The third kappa shape index (κ3) is 4.35. The molecule has 1 amide bonds. The van der Waals surface area contributed by atoms with Crippen molar-refractivity contribution in [2.75, 3.05) is 26.8 Å². The fraction of sp³-hybridized carbons (Fsp3) is 0.467. The molecule has 5 heteroatoms. The van der Waals surface area contributed by atoms with Gasteiger partial charge in [0.1, 0.15) is 0 Å². The van der Waals surface area contributed by atoms with E-state index in [1.807, 2.05) is 26.0 Å². The molecule has 1 aromatic rings. The lowest BCUT2D eigenvalue weighted by molar-refractivity contribution is -0.140. The number of rotatable bonds is 6. The standard InChI is InChI=1S/C15H21NO4/c1-11-4-5-13(10-12(11)2)15(19)16(8-9-17)7-6-14(18)20-3/h4-5,10,17H,6-9H2,1-3H3. The van der Waals surface area contributed by atoms with Gasteiger partial charge in [0, 0.05) is 18.7 Å². The van der Waals surface area contributed by atoms with Gasteiger partial charge in [0.15, 0.2) is 0 Å². The Balaban J connectivity index is 2.81. The van der Waals surface area contributed by atoms with Crippen LogP contribution in [-0.2, 0) is 9.53 Å². The van der Waals surface area contributed by atoms with Crippen LogP contribution in [0.1, 0.15) is 27.9 Å². The first-order valence-corrected chi connectivity index (χ1v) is 6.53. The maximum atomic E-state index is 12.4. The predicted molar refractivity (Wildman–Crippen MR) is 75.5 cm³/mol. The number of carbonyl (C=O) groups excluding carboxylic acids is 2. The van der Waals surface area contributed by atoms with E-state index in [0.29, 0.717) is 5.56 Å². The number of aliphatic hydroxyl groups is 1. The molecule has 110 valence electrons. The van der Waals surface area contributed by atoms with Gasteiger partial charge in [-0.1, -0.05) is 6.07 Å². The molecule has 0 spiro atoms. The lowest BCUT2D eigenvalue weighted by Crippen LogP contribution is -2.35. The minimum atomic E-state index is -0.374. The quantitative estimate of drug-likeness (QED) is 0.797. The molecule has 5 nitrogen and oxygen atoms in total. The Morgan fingerprint density at radius 2 is 1.90 bits per heavy atom. The molecule has 0 atom stereocenters. The molecule has 0 aliphatic rings. The summed E-state index contributed by atoms with van der Waals surface area (Å²) in [5.41, 5.74) is 2.71. The van der Waals surface area contributed by atoms with Crippen molar-refractivity contribution in [3.05, 3.63) is 34.9 Å². The summed E-state index contributed by atoms with van der Waals surface area (Å²) < 4.78 is 4.56. The highest BCUT2D eigenvalue weighted by molar-refractivity contribution is 5.94. The fourth-order valence-electron chi connectivity index (χ4n) is 1.82. The predicted octanol–water partition coefficient (Wildman–Crippen LogP) is 1.30. The number of amides is 1. The van der Waals surface area contributed by atoms with Crippen LogP contribution in [0.3, 0.4) is 0 Å². The number of ether oxygens (including phenoxy) is 1. The summed E-state index contributed by atoms with van der Waals surface area (Å²) in [6.45, 7) is 4.21. The molecule has 20 heavy (non-hydrogen) atoms. The average Bonchev–Trinajstić information content (AvgIpc) is 2.45. The number of aliphatic hydroxyl groups excluding tert-OH is 1. The Hall–Kier alpha value is -1.88. The SMILES string of the molecule is COC(=O)CCN(CCO)C(=O)c1ccc(C)c(C)c1. The molecule has 1 rings (SSSR count). The van der Waals surface area contributed by atoms with Crippen molar-refractivity contribution in [1.29, 1.82) is 0 Å². The van der Waals surface area contributed by atoms with Gasteiger partial charge in [-0.15, -0.1) is 0 Å². The van der Waals surface area contributed by atoms with E-state index in [-0.39, 0.29) is 38.0 Å². The van der Waals surface area contributed by atoms with E-state index in [1.165, 1.54) is 12.0 Å². The zero-order valence-corrected chi connectivity index (χ0v) is 12.2. The number of methoxy groups -OCH3 is 1. The van der Waals surface area contributed by atoms with Gasteiger partial charge in [-0.25, -0.2) is 0 Å². The van der Waals surface area contributed by atoms with Crippen LogP contribution in [0.15, 0.2) is 18.2 Å². The maximum absolute atomic E-state index is 12.4. The van der Waals surface area contributed by atoms with Crippen LogP contribution >= 0.6 is 0 Å². The molecule has 0 saturated heterocycles. The molecule has 0 saturated carbocycles. The third-order valence-electron chi connectivity index (χ3n) is 3.22. The van der Waals surface area contributed by atoms with Crippen LogP contribution in [0.5, 0.6) is 0 Å². The van der Waals surface area contributed by atoms with E-state index in [2.05, 4.69) is 4.74 Å². The second kappa shape index (κ2) is 7.65. The minimum absolute atomic E-state index is 0.118. The van der Waals surface area contributed by atoms with Crippen molar-refractivity contribution in [3.8, 4) is 0 Å². The first kappa shape index (κ1) is 16.2. The van der Waals surface area contributed by atoms with Gasteiger partial charge in [-0.2, -0.15) is 0 Å². The van der Waals surface area contributed by atoms with Crippen LogP contribution in [0.4, 0.5) is 0 Å². The van der Waals surface area contributed by atoms with Gasteiger partial charge in [0.25, 0.3) is 5.91 Å². The van der Waals surface area contributed by atoms with E-state index in [0.717, 1.165) is 11.1 Å². The molecule has 0 heterocycles. The van der Waals surface area contributed by atoms with E-state index in [1.54, 1.807) is 6.07 Å². The number of benzene rings is 1. The van der Waals surface area contributed by atoms with Crippen LogP contribution < -0.4 is 0 Å². The molecule has 0 aliphatic carbocycles. The molecule has 0 aliphatic heterocycles. The monoisotopic (exact) mass is 279 g/mol. The Kier molecular flexibility index (Phi) is 6.18. The fourth-order valence-corrected chi connectivity index (χ4v) is 1.82. The van der Waals surface area contributed by atoms with Gasteiger partial charge < -0.3 is 14.7 Å². The van der Waals surface area contributed by atoms with Crippen molar-refractivity contribution < 1.29 is 19.4 Å². The highest BCUT2D eigenvalue weighted by Gasteiger charge is 2.17. The Labute approximate surface area is 119 Å². The van der Waals surface area contributed by atoms with Gasteiger partial charge in [-0.3, -0.25) is 9.59 Å². The summed E-state index contributed by atoms with van der Waals surface area (Å²) in [5, 5.41) is 9.04. The van der Waals surface area contributed by atoms with Gasteiger partial charge >= 0.3 is 5.97 Å². The number of hydrogen-bond donors (Lipinski definition) is 1. The van der Waals surface area contributed by atoms with E-state index in [9.17, 15) is 9.59 Å². The summed E-state index contributed by atoms with van der Waals surface area (Å²) in [6.07, 6.45) is 0.118. The molecule has 0 fully saturated rings. The molecule has 0 bridgehead atoms. The van der Waals surface area contributed by atoms with Crippen molar-refractivity contribution in [2.45, 2.75) is 20.3 Å². The molecular formula is C15H21NO4. The van der Waals surface area contributed by atoms with Crippen molar-refractivity contribution >= 4 is 11.9 Å². The van der Waals surface area contributed by atoms with E-state index < -0.39 is 0 Å². The van der Waals surface area contributed by atoms with Gasteiger partial charge in [0.2, 0.25) is 0 Å². The summed E-state index contributed by atoms with van der Waals surface area (Å²) >= 11 is 0. The van der Waals surface area contributed by atoms with Crippen LogP contribution in [-0.4, -0.2) is 48.7 Å². The molecule has 0 aromatic heterocycles. The molecule has 0 unspecified atom stereocenters. The Bertz CT molecular complexity index is 485. The highest BCUT2D eigenvalue weighted by Crippen LogP contribution is 2.12. The van der Waals surface area contributed by atoms with Crippen LogP contribution in [0, 0.1) is 13.8 Å². The number of esters is 1. The molecule has 0 radical (unpaired) electrons. The lowest BCUT2D eigenvalue weighted by atomic mass is 10.1. The topological polar surface area (TPSA) is 66.8 Å². The Morgan fingerprint density at radius 3 is 2.45 bits per heavy atom. The number of nitrogens with zero attached hydrogens (tertiary/aromatic N) is 1. The maximum Gasteiger partial charge on any atom is 0.307 e. The Morgan fingerprint density at radius 1 is 1.20 bits per heavy atom. The van der Waals surface area contributed by atoms with Crippen molar-refractivity contribution in [1.82, 2.24) is 4.90 Å². The molecule has 1 aromatic carbocycles. The minimum Gasteiger partial charge on any atom is -0.469 e. The average molecular weight is 279 g/mol. The van der Waals surface area contributed by atoms with E-state index in [4.69, 9.17) is 5.11 Å². The van der Waals surface area contributed by atoms with Crippen molar-refractivity contribution in [2.24, 2.45) is 0 Å². The summed E-state index contributed by atoms with van der Waals surface area (Å²) in [7, 11) is 1.31. The zero-order valence-electron chi connectivity index (χ0n) is 12.2. The van der Waals surface area contributed by atoms with Crippen LogP contribution in [0.2, 0.25) is 0 Å². The number of carbonyl (C=O) groups is 2. The smallest absolute Gasteiger partial charge is 0.307 e. The van der Waals surface area contributed by atoms with Crippen LogP contribution in [0.25, 0.3) is 0 Å². The lowest BCUT2D eigenvalue weighted by Gasteiger charge is -2.21. The second-order valence-electron chi connectivity index (χ2n) is 4.64. The van der Waals surface area contributed by atoms with Gasteiger partial charge in [-0.05, 0) is 37.1 Å². The second-order valence-corrected chi connectivity index (χ2v) is 4.64. The first-order chi connectivity index (χ1) is 9.49. The summed E-state index contributed by atoms with van der Waals surface area (Å²) in [4.78, 5) is 25.0. The largest absolute Gasteiger partial charge is 0.469 e. The third-order valence-corrected chi connectivity index (χ3v) is 3.22. The number of hydrogen-bond acceptors (Lipinski definition) is 4. The van der Waals surface area contributed by atoms with Crippen molar-refractivity contribution in [3.63, 3.8) is 0 Å². The summed E-state index contributed by atoms with van der Waals surface area (Å²) in [6, 6.07) is 5.47. The molecular weight excluding hydrogens is 258 g/mol. The molecule has 1 N–H and O–H groups in total. The zero-order chi connectivity index (χ0) is 15.1. The first-order valence-electron chi connectivity index (χ1n) is 6.53. The highest BCUT2D eigenvalue weighted by atomic mass is 16.5. The van der Waals surface area contributed by atoms with E-state index >= 15 is 0 Å². The normalized spacial score (nSPS) is 10.2. The van der Waals surface area contributed by atoms with Gasteiger partial charge in [0.05, 0.1) is 20.1 Å². The summed E-state index contributed by atoms with van der Waals surface area (Å²) in [5.74, 6) is -0.563.